The highest BCUT2D eigenvalue weighted by molar-refractivity contribution is 6.02. The van der Waals surface area contributed by atoms with Crippen LogP contribution in [0.3, 0.4) is 0 Å². The third-order valence-electron chi connectivity index (χ3n) is 3.98. The van der Waals surface area contributed by atoms with Gasteiger partial charge in [-0.2, -0.15) is 0 Å². The molecule has 24 heavy (non-hydrogen) atoms. The molecule has 0 aromatic carbocycles. The summed E-state index contributed by atoms with van der Waals surface area (Å²) in [5, 5.41) is 2.74. The van der Waals surface area contributed by atoms with E-state index in [1.807, 2.05) is 26.8 Å². The zero-order valence-corrected chi connectivity index (χ0v) is 13.9. The fourth-order valence-corrected chi connectivity index (χ4v) is 2.93. The van der Waals surface area contributed by atoms with Crippen LogP contribution in [0.1, 0.15) is 65.3 Å². The predicted molar refractivity (Wildman–Crippen MR) is 88.4 cm³/mol. The molecule has 3 rings (SSSR count). The number of nitrogens with one attached hydrogen (secondary N) is 2. The molecule has 6 heteroatoms. The molecule has 2 heterocycles. The van der Waals surface area contributed by atoms with Crippen LogP contribution in [0, 0.1) is 0 Å². The van der Waals surface area contributed by atoms with Gasteiger partial charge < -0.3 is 14.7 Å². The lowest BCUT2D eigenvalue weighted by atomic mass is 9.84. The number of fused-ring (bicyclic) bond motifs is 1. The number of carbonyl (C=O) groups excluding carboxylic acids is 2. The summed E-state index contributed by atoms with van der Waals surface area (Å²) in [6, 6.07) is 5.01. The normalized spacial score (nSPS) is 17.5. The topological polar surface area (TPSA) is 92.2 Å². The number of hydrogen-bond acceptors (Lipinski definition) is 4. The molecule has 0 spiro atoms. The zero-order chi connectivity index (χ0) is 17.5. The number of aromatic nitrogens is 1. The van der Waals surface area contributed by atoms with E-state index in [4.69, 9.17) is 4.42 Å². The Labute approximate surface area is 139 Å². The van der Waals surface area contributed by atoms with E-state index in [0.29, 0.717) is 24.1 Å². The van der Waals surface area contributed by atoms with Gasteiger partial charge in [0, 0.05) is 29.1 Å². The third-order valence-corrected chi connectivity index (χ3v) is 3.98. The fraction of sp³-hybridized carbons (Fsp3) is 0.389. The quantitative estimate of drug-likeness (QED) is 0.885. The molecule has 0 radical (unpaired) electrons. The lowest BCUT2D eigenvalue weighted by molar-refractivity contribution is 0.0918. The summed E-state index contributed by atoms with van der Waals surface area (Å²) < 4.78 is 5.38. The van der Waals surface area contributed by atoms with Gasteiger partial charge in [0.15, 0.2) is 5.78 Å². The van der Waals surface area contributed by atoms with Crippen LogP contribution >= 0.6 is 0 Å². The highest BCUT2D eigenvalue weighted by atomic mass is 16.3. The minimum atomic E-state index is -0.483. The second kappa shape index (κ2) is 5.78. The summed E-state index contributed by atoms with van der Waals surface area (Å²) in [5.74, 6) is 0.0560. The van der Waals surface area contributed by atoms with Crippen molar-refractivity contribution in [1.29, 1.82) is 0 Å². The van der Waals surface area contributed by atoms with Crippen LogP contribution in [0.15, 0.2) is 33.7 Å². The molecule has 126 valence electrons. The lowest BCUT2D eigenvalue weighted by Crippen LogP contribution is -2.43. The smallest absolute Gasteiger partial charge is 0.261 e. The minimum absolute atomic E-state index is 0.0338. The van der Waals surface area contributed by atoms with E-state index >= 15 is 0 Å². The SMILES string of the molecule is CC(C)(C)NC(=O)c1cc2c([nH]c1=O)CC(c1ccco1)CC2=O. The first-order chi connectivity index (χ1) is 11.2. The summed E-state index contributed by atoms with van der Waals surface area (Å²) in [5.41, 5.74) is -0.00771. The molecule has 1 amide bonds. The molecule has 1 unspecified atom stereocenters. The molecule has 1 atom stereocenters. The maximum Gasteiger partial charge on any atom is 0.261 e. The molecule has 0 saturated carbocycles. The van der Waals surface area contributed by atoms with Gasteiger partial charge in [0.1, 0.15) is 11.3 Å². The number of pyridine rings is 1. The van der Waals surface area contributed by atoms with Gasteiger partial charge in [0.2, 0.25) is 0 Å². The number of rotatable bonds is 2. The zero-order valence-electron chi connectivity index (χ0n) is 13.9. The Hall–Kier alpha value is -2.63. The molecule has 2 aromatic rings. The number of Topliss-reactive ketones (excluding diaryl/α,β-unsaturated/α-hetero) is 1. The Bertz CT molecular complexity index is 841. The van der Waals surface area contributed by atoms with Crippen molar-refractivity contribution in [2.45, 2.75) is 45.1 Å². The molecular formula is C18H20N2O4. The van der Waals surface area contributed by atoms with Crippen molar-refractivity contribution >= 4 is 11.7 Å². The lowest BCUT2D eigenvalue weighted by Gasteiger charge is -2.23. The first-order valence-corrected chi connectivity index (χ1v) is 7.90. The molecule has 0 saturated heterocycles. The second-order valence-corrected chi connectivity index (χ2v) is 7.15. The minimum Gasteiger partial charge on any atom is -0.469 e. The standard InChI is InChI=1S/C18H20N2O4/c1-18(2,3)20-17(23)12-9-11-13(19-16(12)22)7-10(8-14(11)21)15-5-4-6-24-15/h4-6,9-10H,7-8H2,1-3H3,(H,19,22)(H,20,23). The van der Waals surface area contributed by atoms with Crippen LogP contribution < -0.4 is 10.9 Å². The van der Waals surface area contributed by atoms with E-state index < -0.39 is 17.0 Å². The second-order valence-electron chi connectivity index (χ2n) is 7.15. The number of H-pyrrole nitrogens is 1. The van der Waals surface area contributed by atoms with Crippen molar-refractivity contribution in [3.05, 3.63) is 57.4 Å². The molecule has 2 N–H and O–H groups in total. The van der Waals surface area contributed by atoms with Crippen molar-refractivity contribution in [2.24, 2.45) is 0 Å². The summed E-state index contributed by atoms with van der Waals surface area (Å²) in [6.45, 7) is 5.49. The van der Waals surface area contributed by atoms with Gasteiger partial charge in [-0.1, -0.05) is 0 Å². The first-order valence-electron chi connectivity index (χ1n) is 7.90. The predicted octanol–water partition coefficient (Wildman–Crippen LogP) is 2.41. The van der Waals surface area contributed by atoms with Crippen molar-refractivity contribution < 1.29 is 14.0 Å². The highest BCUT2D eigenvalue weighted by Crippen LogP contribution is 2.31. The number of aromatic amines is 1. The summed E-state index contributed by atoms with van der Waals surface area (Å²) in [4.78, 5) is 39.7. The molecule has 1 aliphatic carbocycles. The number of furan rings is 1. The van der Waals surface area contributed by atoms with E-state index in [1.165, 1.54) is 6.07 Å². The van der Waals surface area contributed by atoms with E-state index in [2.05, 4.69) is 10.3 Å². The Morgan fingerprint density at radius 2 is 2.04 bits per heavy atom. The Morgan fingerprint density at radius 1 is 1.29 bits per heavy atom. The van der Waals surface area contributed by atoms with Crippen LogP contribution in [0.25, 0.3) is 0 Å². The Kier molecular flexibility index (Phi) is 3.91. The van der Waals surface area contributed by atoms with E-state index in [-0.39, 0.29) is 17.3 Å². The van der Waals surface area contributed by atoms with Gasteiger partial charge in [-0.3, -0.25) is 14.4 Å². The van der Waals surface area contributed by atoms with Crippen molar-refractivity contribution in [3.63, 3.8) is 0 Å². The largest absolute Gasteiger partial charge is 0.469 e. The molecule has 0 fully saturated rings. The highest BCUT2D eigenvalue weighted by Gasteiger charge is 2.30. The van der Waals surface area contributed by atoms with Gasteiger partial charge in [-0.05, 0) is 45.4 Å². The van der Waals surface area contributed by atoms with Crippen LogP contribution in [-0.2, 0) is 6.42 Å². The monoisotopic (exact) mass is 328 g/mol. The van der Waals surface area contributed by atoms with Crippen LogP contribution in [0.5, 0.6) is 0 Å². The summed E-state index contributed by atoms with van der Waals surface area (Å²) >= 11 is 0. The number of ketones is 1. The Morgan fingerprint density at radius 3 is 2.67 bits per heavy atom. The van der Waals surface area contributed by atoms with Crippen molar-refractivity contribution in [2.75, 3.05) is 0 Å². The van der Waals surface area contributed by atoms with Crippen LogP contribution in [-0.4, -0.2) is 22.2 Å². The Balaban J connectivity index is 1.95. The summed E-state index contributed by atoms with van der Waals surface area (Å²) in [7, 11) is 0. The van der Waals surface area contributed by atoms with E-state index in [1.54, 1.807) is 12.3 Å². The average molecular weight is 328 g/mol. The van der Waals surface area contributed by atoms with Gasteiger partial charge in [-0.15, -0.1) is 0 Å². The van der Waals surface area contributed by atoms with Crippen LogP contribution in [0.2, 0.25) is 0 Å². The molecule has 0 aliphatic heterocycles. The molecule has 2 aromatic heterocycles. The number of amides is 1. The maximum absolute atomic E-state index is 12.5. The number of hydrogen-bond donors (Lipinski definition) is 2. The molecule has 1 aliphatic rings. The third kappa shape index (κ3) is 3.18. The average Bonchev–Trinajstić information content (AvgIpc) is 2.98. The summed E-state index contributed by atoms with van der Waals surface area (Å²) in [6.07, 6.45) is 2.37. The van der Waals surface area contributed by atoms with Crippen LogP contribution in [0.4, 0.5) is 0 Å². The van der Waals surface area contributed by atoms with Gasteiger partial charge in [0.25, 0.3) is 11.5 Å². The van der Waals surface area contributed by atoms with Gasteiger partial charge in [-0.25, -0.2) is 0 Å². The van der Waals surface area contributed by atoms with Gasteiger partial charge >= 0.3 is 0 Å². The van der Waals surface area contributed by atoms with E-state index in [9.17, 15) is 14.4 Å². The molecular weight excluding hydrogens is 308 g/mol. The molecule has 0 bridgehead atoms. The van der Waals surface area contributed by atoms with Crippen molar-refractivity contribution in [1.82, 2.24) is 10.3 Å². The maximum atomic E-state index is 12.5. The van der Waals surface area contributed by atoms with E-state index in [0.717, 1.165) is 5.76 Å². The first kappa shape index (κ1) is 16.2. The molecule has 6 nitrogen and oxygen atoms in total. The van der Waals surface area contributed by atoms with Gasteiger partial charge in [0.05, 0.1) is 6.26 Å². The fourth-order valence-electron chi connectivity index (χ4n) is 2.93. The number of carbonyl (C=O) groups is 2. The van der Waals surface area contributed by atoms with Crippen molar-refractivity contribution in [3.8, 4) is 0 Å².